The first-order valence-corrected chi connectivity index (χ1v) is 12.1. The summed E-state index contributed by atoms with van der Waals surface area (Å²) < 4.78 is 38.8. The fraction of sp³-hybridized carbons (Fsp3) is 0.318. The highest BCUT2D eigenvalue weighted by Gasteiger charge is 2.32. The Hall–Kier alpha value is -2.25. The van der Waals surface area contributed by atoms with E-state index in [1.54, 1.807) is 11.3 Å². The normalized spacial score (nSPS) is 15.6. The van der Waals surface area contributed by atoms with Gasteiger partial charge in [-0.05, 0) is 62.1 Å². The minimum Gasteiger partial charge on any atom is -0.348 e. The highest BCUT2D eigenvalue weighted by molar-refractivity contribution is 7.92. The molecule has 7 heteroatoms. The Morgan fingerprint density at radius 1 is 1.07 bits per heavy atom. The average Bonchev–Trinajstić information content (AvgIpc) is 3.20. The van der Waals surface area contributed by atoms with Crippen molar-refractivity contribution < 1.29 is 12.8 Å². The molecule has 1 fully saturated rings. The van der Waals surface area contributed by atoms with Crippen LogP contribution in [-0.4, -0.2) is 31.7 Å². The molecule has 0 aliphatic carbocycles. The van der Waals surface area contributed by atoms with Crippen LogP contribution in [0.15, 0.2) is 52.7 Å². The molecule has 1 saturated heterocycles. The number of sulfone groups is 1. The molecule has 0 bridgehead atoms. The second-order valence-corrected chi connectivity index (χ2v) is 10.5. The van der Waals surface area contributed by atoms with Gasteiger partial charge in [0.05, 0.1) is 15.8 Å². The van der Waals surface area contributed by atoms with Crippen LogP contribution in [0.3, 0.4) is 0 Å². The van der Waals surface area contributed by atoms with E-state index in [0.717, 1.165) is 16.4 Å². The summed E-state index contributed by atoms with van der Waals surface area (Å²) in [5.41, 5.74) is 4.57. The first kappa shape index (κ1) is 20.0. The van der Waals surface area contributed by atoms with Crippen molar-refractivity contribution in [1.82, 2.24) is 4.98 Å². The molecule has 1 aromatic heterocycles. The Morgan fingerprint density at radius 2 is 1.76 bits per heavy atom. The van der Waals surface area contributed by atoms with Gasteiger partial charge in [-0.3, -0.25) is 0 Å². The van der Waals surface area contributed by atoms with Gasteiger partial charge in [0.2, 0.25) is 0 Å². The number of aryl methyl sites for hydroxylation is 1. The van der Waals surface area contributed by atoms with Gasteiger partial charge < -0.3 is 4.90 Å². The molecule has 1 aliphatic rings. The second-order valence-electron chi connectivity index (χ2n) is 7.45. The molecule has 0 unspecified atom stereocenters. The molecule has 152 valence electrons. The van der Waals surface area contributed by atoms with Crippen LogP contribution in [0, 0.1) is 19.7 Å². The fourth-order valence-corrected chi connectivity index (χ4v) is 6.35. The number of thiazole rings is 1. The fourth-order valence-electron chi connectivity index (χ4n) is 3.74. The van der Waals surface area contributed by atoms with Gasteiger partial charge in [-0.25, -0.2) is 17.8 Å². The topological polar surface area (TPSA) is 50.3 Å². The first-order chi connectivity index (χ1) is 13.9. The van der Waals surface area contributed by atoms with Gasteiger partial charge in [0.15, 0.2) is 15.0 Å². The van der Waals surface area contributed by atoms with Crippen molar-refractivity contribution >= 4 is 26.3 Å². The molecule has 0 amide bonds. The highest BCUT2D eigenvalue weighted by atomic mass is 32.2. The Kier molecular flexibility index (Phi) is 5.44. The number of rotatable bonds is 4. The third kappa shape index (κ3) is 3.94. The minimum atomic E-state index is -3.44. The summed E-state index contributed by atoms with van der Waals surface area (Å²) in [6, 6.07) is 11.3. The number of aromatic nitrogens is 1. The standard InChI is InChI=1S/C22H23FN2O2S2/c1-15-4-3-5-20(16(15)2)21-14-28-22(24-21)25-12-10-19(11-13-25)29(26,27)18-8-6-17(23)7-9-18/h3-9,14,19H,10-13H2,1-2H3. The van der Waals surface area contributed by atoms with Crippen molar-refractivity contribution in [3.63, 3.8) is 0 Å². The molecule has 29 heavy (non-hydrogen) atoms. The molecular formula is C22H23FN2O2S2. The van der Waals surface area contributed by atoms with Crippen LogP contribution >= 0.6 is 11.3 Å². The van der Waals surface area contributed by atoms with Gasteiger partial charge >= 0.3 is 0 Å². The maximum absolute atomic E-state index is 13.1. The van der Waals surface area contributed by atoms with Gasteiger partial charge in [-0.1, -0.05) is 18.2 Å². The Bertz CT molecular complexity index is 1120. The minimum absolute atomic E-state index is 0.198. The van der Waals surface area contributed by atoms with E-state index >= 15 is 0 Å². The van der Waals surface area contributed by atoms with E-state index < -0.39 is 20.9 Å². The van der Waals surface area contributed by atoms with E-state index in [4.69, 9.17) is 4.98 Å². The Labute approximate surface area is 175 Å². The summed E-state index contributed by atoms with van der Waals surface area (Å²) in [6.07, 6.45) is 1.08. The lowest BCUT2D eigenvalue weighted by Crippen LogP contribution is -2.39. The lowest BCUT2D eigenvalue weighted by Gasteiger charge is -2.31. The summed E-state index contributed by atoms with van der Waals surface area (Å²) in [6.45, 7) is 5.49. The molecule has 0 saturated carbocycles. The molecule has 0 radical (unpaired) electrons. The van der Waals surface area contributed by atoms with Crippen molar-refractivity contribution in [2.45, 2.75) is 36.8 Å². The number of piperidine rings is 1. The predicted octanol–water partition coefficient (Wildman–Crippen LogP) is 5.01. The summed E-state index contributed by atoms with van der Waals surface area (Å²) >= 11 is 1.60. The largest absolute Gasteiger partial charge is 0.348 e. The Balaban J connectivity index is 1.47. The molecule has 0 spiro atoms. The molecule has 0 N–H and O–H groups in total. The quantitative estimate of drug-likeness (QED) is 0.546. The lowest BCUT2D eigenvalue weighted by atomic mass is 10.0. The SMILES string of the molecule is Cc1cccc(-c2csc(N3CCC(S(=O)(=O)c4ccc(F)cc4)CC3)n2)c1C. The number of nitrogens with zero attached hydrogens (tertiary/aromatic N) is 2. The monoisotopic (exact) mass is 430 g/mol. The molecule has 0 atom stereocenters. The van der Waals surface area contributed by atoms with Gasteiger partial charge in [0.1, 0.15) is 5.82 Å². The third-order valence-corrected chi connectivity index (χ3v) is 8.85. The maximum Gasteiger partial charge on any atom is 0.185 e. The number of hydrogen-bond donors (Lipinski definition) is 0. The van der Waals surface area contributed by atoms with Gasteiger partial charge in [0.25, 0.3) is 0 Å². The van der Waals surface area contributed by atoms with Crippen LogP contribution in [0.25, 0.3) is 11.3 Å². The van der Waals surface area contributed by atoms with Crippen LogP contribution < -0.4 is 4.90 Å². The van der Waals surface area contributed by atoms with E-state index in [2.05, 4.69) is 36.3 Å². The van der Waals surface area contributed by atoms with Crippen molar-refractivity contribution in [2.75, 3.05) is 18.0 Å². The summed E-state index contributed by atoms with van der Waals surface area (Å²) in [4.78, 5) is 7.18. The summed E-state index contributed by atoms with van der Waals surface area (Å²) in [5, 5.41) is 2.56. The van der Waals surface area contributed by atoms with E-state index in [1.165, 1.54) is 35.4 Å². The van der Waals surface area contributed by atoms with Crippen LogP contribution in [0.1, 0.15) is 24.0 Å². The van der Waals surface area contributed by atoms with E-state index in [9.17, 15) is 12.8 Å². The zero-order valence-electron chi connectivity index (χ0n) is 16.4. The first-order valence-electron chi connectivity index (χ1n) is 9.63. The number of anilines is 1. The van der Waals surface area contributed by atoms with Gasteiger partial charge in [-0.2, -0.15) is 0 Å². The van der Waals surface area contributed by atoms with Gasteiger partial charge in [0, 0.05) is 24.0 Å². The zero-order valence-corrected chi connectivity index (χ0v) is 18.1. The molecule has 3 aromatic rings. The molecular weight excluding hydrogens is 407 g/mol. The van der Waals surface area contributed by atoms with Crippen molar-refractivity contribution in [2.24, 2.45) is 0 Å². The van der Waals surface area contributed by atoms with Crippen LogP contribution in [0.5, 0.6) is 0 Å². The maximum atomic E-state index is 13.1. The van der Waals surface area contributed by atoms with Crippen molar-refractivity contribution in [1.29, 1.82) is 0 Å². The zero-order chi connectivity index (χ0) is 20.6. The van der Waals surface area contributed by atoms with Crippen molar-refractivity contribution in [3.8, 4) is 11.3 Å². The second kappa shape index (κ2) is 7.88. The van der Waals surface area contributed by atoms with Crippen LogP contribution in [0.2, 0.25) is 0 Å². The smallest absolute Gasteiger partial charge is 0.185 e. The van der Waals surface area contributed by atoms with Crippen molar-refractivity contribution in [3.05, 3.63) is 64.8 Å². The third-order valence-electron chi connectivity index (χ3n) is 5.67. The Morgan fingerprint density at radius 3 is 2.45 bits per heavy atom. The summed E-state index contributed by atoms with van der Waals surface area (Å²) in [5.74, 6) is -0.429. The lowest BCUT2D eigenvalue weighted by molar-refractivity contribution is 0.529. The van der Waals surface area contributed by atoms with Crippen LogP contribution in [0.4, 0.5) is 9.52 Å². The molecule has 4 rings (SSSR count). The number of hydrogen-bond acceptors (Lipinski definition) is 5. The van der Waals surface area contributed by atoms with Crippen LogP contribution in [-0.2, 0) is 9.84 Å². The molecule has 2 aromatic carbocycles. The predicted molar refractivity (Wildman–Crippen MR) is 116 cm³/mol. The average molecular weight is 431 g/mol. The molecule has 1 aliphatic heterocycles. The van der Waals surface area contributed by atoms with Gasteiger partial charge in [-0.15, -0.1) is 11.3 Å². The molecule has 4 nitrogen and oxygen atoms in total. The number of halogens is 1. The summed E-state index contributed by atoms with van der Waals surface area (Å²) in [7, 11) is -3.44. The van der Waals surface area contributed by atoms with E-state index in [0.29, 0.717) is 25.9 Å². The highest BCUT2D eigenvalue weighted by Crippen LogP contribution is 2.33. The molecule has 2 heterocycles. The van der Waals surface area contributed by atoms with E-state index in [-0.39, 0.29) is 4.90 Å². The number of benzene rings is 2. The van der Waals surface area contributed by atoms with E-state index in [1.807, 2.05) is 6.07 Å².